The van der Waals surface area contributed by atoms with Crippen LogP contribution in [0.2, 0.25) is 0 Å². The van der Waals surface area contributed by atoms with E-state index in [-0.39, 0.29) is 0 Å². The van der Waals surface area contributed by atoms with Crippen molar-refractivity contribution in [3.63, 3.8) is 0 Å². The highest BCUT2D eigenvalue weighted by Crippen LogP contribution is 2.10. The Labute approximate surface area is 109 Å². The SMILES string of the molecule is CCCCCCCCC(CCOCCC)NC. The molecule has 0 aliphatic carbocycles. The second-order valence-electron chi connectivity index (χ2n) is 4.94. The molecule has 2 nitrogen and oxygen atoms in total. The molecule has 0 aliphatic heterocycles. The second kappa shape index (κ2) is 14.0. The fraction of sp³-hybridized carbons (Fsp3) is 1.00. The molecular weight excluding hydrogens is 210 g/mol. The van der Waals surface area contributed by atoms with Gasteiger partial charge in [0, 0.05) is 19.3 Å². The number of nitrogens with one attached hydrogen (secondary N) is 1. The Morgan fingerprint density at radius 3 is 2.18 bits per heavy atom. The lowest BCUT2D eigenvalue weighted by Crippen LogP contribution is -2.26. The Balaban J connectivity index is 3.28. The van der Waals surface area contributed by atoms with E-state index in [1.54, 1.807) is 0 Å². The monoisotopic (exact) mass is 243 g/mol. The molecule has 104 valence electrons. The van der Waals surface area contributed by atoms with Crippen molar-refractivity contribution in [3.8, 4) is 0 Å². The van der Waals surface area contributed by atoms with Gasteiger partial charge in [-0.15, -0.1) is 0 Å². The van der Waals surface area contributed by atoms with Crippen LogP contribution in [0.25, 0.3) is 0 Å². The van der Waals surface area contributed by atoms with Gasteiger partial charge in [0.1, 0.15) is 0 Å². The zero-order chi connectivity index (χ0) is 12.8. The third-order valence-electron chi connectivity index (χ3n) is 3.27. The molecule has 0 aromatic rings. The molecule has 0 amide bonds. The van der Waals surface area contributed by atoms with E-state index >= 15 is 0 Å². The maximum absolute atomic E-state index is 5.53. The molecule has 0 aromatic carbocycles. The zero-order valence-electron chi connectivity index (χ0n) is 12.3. The van der Waals surface area contributed by atoms with Gasteiger partial charge in [-0.05, 0) is 26.3 Å². The van der Waals surface area contributed by atoms with Gasteiger partial charge in [0.05, 0.1) is 0 Å². The largest absolute Gasteiger partial charge is 0.381 e. The maximum atomic E-state index is 5.53. The summed E-state index contributed by atoms with van der Waals surface area (Å²) in [6.45, 7) is 6.25. The van der Waals surface area contributed by atoms with Crippen molar-refractivity contribution in [3.05, 3.63) is 0 Å². The van der Waals surface area contributed by atoms with E-state index in [0.29, 0.717) is 6.04 Å². The van der Waals surface area contributed by atoms with Crippen LogP contribution in [0, 0.1) is 0 Å². The first-order valence-corrected chi connectivity index (χ1v) is 7.60. The Bertz CT molecular complexity index is 139. The molecule has 1 N–H and O–H groups in total. The highest BCUT2D eigenvalue weighted by Gasteiger charge is 2.05. The van der Waals surface area contributed by atoms with Crippen molar-refractivity contribution in [2.75, 3.05) is 20.3 Å². The van der Waals surface area contributed by atoms with Crippen molar-refractivity contribution in [2.45, 2.75) is 77.7 Å². The van der Waals surface area contributed by atoms with Gasteiger partial charge in [0.25, 0.3) is 0 Å². The first-order chi connectivity index (χ1) is 8.35. The van der Waals surface area contributed by atoms with Gasteiger partial charge < -0.3 is 10.1 Å². The fourth-order valence-corrected chi connectivity index (χ4v) is 2.08. The van der Waals surface area contributed by atoms with Gasteiger partial charge in [-0.1, -0.05) is 52.4 Å². The summed E-state index contributed by atoms with van der Waals surface area (Å²) < 4.78 is 5.53. The van der Waals surface area contributed by atoms with Gasteiger partial charge >= 0.3 is 0 Å². The minimum Gasteiger partial charge on any atom is -0.381 e. The third-order valence-corrected chi connectivity index (χ3v) is 3.27. The lowest BCUT2D eigenvalue weighted by molar-refractivity contribution is 0.124. The normalized spacial score (nSPS) is 12.9. The number of ether oxygens (including phenoxy) is 1. The van der Waals surface area contributed by atoms with Crippen molar-refractivity contribution in [2.24, 2.45) is 0 Å². The summed E-state index contributed by atoms with van der Waals surface area (Å²) in [5, 5.41) is 3.40. The standard InChI is InChI=1S/C15H33NO/c1-4-6-7-8-9-10-11-15(16-3)12-14-17-13-5-2/h15-16H,4-14H2,1-3H3. The van der Waals surface area contributed by atoms with Crippen molar-refractivity contribution >= 4 is 0 Å². The summed E-state index contributed by atoms with van der Waals surface area (Å²) >= 11 is 0. The summed E-state index contributed by atoms with van der Waals surface area (Å²) in [7, 11) is 2.07. The first-order valence-electron chi connectivity index (χ1n) is 7.60. The first kappa shape index (κ1) is 16.9. The molecule has 0 radical (unpaired) electrons. The molecule has 0 spiro atoms. The van der Waals surface area contributed by atoms with Gasteiger partial charge in [-0.2, -0.15) is 0 Å². The van der Waals surface area contributed by atoms with Crippen LogP contribution >= 0.6 is 0 Å². The number of rotatable bonds is 13. The van der Waals surface area contributed by atoms with E-state index in [4.69, 9.17) is 4.74 Å². The zero-order valence-corrected chi connectivity index (χ0v) is 12.3. The fourth-order valence-electron chi connectivity index (χ4n) is 2.08. The molecule has 1 atom stereocenters. The van der Waals surface area contributed by atoms with E-state index in [0.717, 1.165) is 26.1 Å². The van der Waals surface area contributed by atoms with Crippen LogP contribution in [0.1, 0.15) is 71.6 Å². The molecule has 0 rings (SSSR count). The Morgan fingerprint density at radius 2 is 1.53 bits per heavy atom. The summed E-state index contributed by atoms with van der Waals surface area (Å²) in [6, 6.07) is 0.651. The molecule has 2 heteroatoms. The predicted octanol–water partition coefficient (Wildman–Crippen LogP) is 4.14. The van der Waals surface area contributed by atoms with Gasteiger partial charge in [0.2, 0.25) is 0 Å². The molecule has 0 heterocycles. The Morgan fingerprint density at radius 1 is 0.824 bits per heavy atom. The number of unbranched alkanes of at least 4 members (excludes halogenated alkanes) is 5. The van der Waals surface area contributed by atoms with Crippen molar-refractivity contribution in [1.82, 2.24) is 5.32 Å². The molecular formula is C15H33NO. The summed E-state index contributed by atoms with van der Waals surface area (Å²) in [6.07, 6.45) is 11.9. The molecule has 0 saturated carbocycles. The van der Waals surface area contributed by atoms with E-state index in [9.17, 15) is 0 Å². The van der Waals surface area contributed by atoms with E-state index in [1.807, 2.05) is 0 Å². The highest BCUT2D eigenvalue weighted by molar-refractivity contribution is 4.64. The third kappa shape index (κ3) is 12.2. The highest BCUT2D eigenvalue weighted by atomic mass is 16.5. The van der Waals surface area contributed by atoms with Crippen LogP contribution in [0.3, 0.4) is 0 Å². The molecule has 0 bridgehead atoms. The molecule has 0 saturated heterocycles. The lowest BCUT2D eigenvalue weighted by atomic mass is 10.0. The van der Waals surface area contributed by atoms with E-state index in [2.05, 4.69) is 26.2 Å². The summed E-state index contributed by atoms with van der Waals surface area (Å²) in [5.74, 6) is 0. The van der Waals surface area contributed by atoms with Crippen LogP contribution in [-0.2, 0) is 4.74 Å². The van der Waals surface area contributed by atoms with Crippen LogP contribution in [0.15, 0.2) is 0 Å². The topological polar surface area (TPSA) is 21.3 Å². The van der Waals surface area contributed by atoms with Crippen LogP contribution < -0.4 is 5.32 Å². The minimum atomic E-state index is 0.651. The van der Waals surface area contributed by atoms with Gasteiger partial charge in [-0.25, -0.2) is 0 Å². The van der Waals surface area contributed by atoms with Gasteiger partial charge in [0.15, 0.2) is 0 Å². The minimum absolute atomic E-state index is 0.651. The summed E-state index contributed by atoms with van der Waals surface area (Å²) in [4.78, 5) is 0. The van der Waals surface area contributed by atoms with Crippen molar-refractivity contribution in [1.29, 1.82) is 0 Å². The van der Waals surface area contributed by atoms with Crippen LogP contribution in [0.5, 0.6) is 0 Å². The molecule has 0 aromatic heterocycles. The smallest absolute Gasteiger partial charge is 0.0480 e. The average Bonchev–Trinajstić information content (AvgIpc) is 2.36. The van der Waals surface area contributed by atoms with Crippen molar-refractivity contribution < 1.29 is 4.74 Å². The predicted molar refractivity (Wildman–Crippen MR) is 76.6 cm³/mol. The van der Waals surface area contributed by atoms with E-state index < -0.39 is 0 Å². The quantitative estimate of drug-likeness (QED) is 0.491. The molecule has 0 fully saturated rings. The van der Waals surface area contributed by atoms with Crippen LogP contribution in [-0.4, -0.2) is 26.3 Å². The van der Waals surface area contributed by atoms with Crippen LogP contribution in [0.4, 0.5) is 0 Å². The maximum Gasteiger partial charge on any atom is 0.0480 e. The van der Waals surface area contributed by atoms with Gasteiger partial charge in [-0.3, -0.25) is 0 Å². The molecule has 17 heavy (non-hydrogen) atoms. The molecule has 0 aliphatic rings. The second-order valence-corrected chi connectivity index (χ2v) is 4.94. The average molecular weight is 243 g/mol. The Kier molecular flexibility index (Phi) is 13.9. The molecule has 1 unspecified atom stereocenters. The summed E-state index contributed by atoms with van der Waals surface area (Å²) in [5.41, 5.74) is 0. The lowest BCUT2D eigenvalue weighted by Gasteiger charge is -2.15. The Hall–Kier alpha value is -0.0800. The number of hydrogen-bond acceptors (Lipinski definition) is 2. The number of hydrogen-bond donors (Lipinski definition) is 1. The van der Waals surface area contributed by atoms with E-state index in [1.165, 1.54) is 44.9 Å².